The van der Waals surface area contributed by atoms with Crippen LogP contribution in [-0.4, -0.2) is 23.9 Å². The summed E-state index contributed by atoms with van der Waals surface area (Å²) in [5.74, 6) is -2.67. The Balaban J connectivity index is 1.40. The number of nitrogens with zero attached hydrogens (tertiary/aromatic N) is 2. The molecule has 0 radical (unpaired) electrons. The Morgan fingerprint density at radius 3 is 2.10 bits per heavy atom. The number of para-hydroxylation sites is 1. The van der Waals surface area contributed by atoms with Crippen LogP contribution in [-0.2, 0) is 15.0 Å². The highest BCUT2D eigenvalue weighted by Crippen LogP contribution is 2.63. The summed E-state index contributed by atoms with van der Waals surface area (Å²) in [6.45, 7) is 0. The Morgan fingerprint density at radius 1 is 0.825 bits per heavy atom. The van der Waals surface area contributed by atoms with Crippen LogP contribution in [0.2, 0.25) is 10.0 Å². The van der Waals surface area contributed by atoms with Crippen LogP contribution in [0, 0.1) is 11.8 Å². The molecular formula is C32H21Cl2N3O3. The molecule has 0 spiro atoms. The van der Waals surface area contributed by atoms with Crippen molar-refractivity contribution in [3.8, 4) is 0 Å². The molecule has 8 rings (SSSR count). The third kappa shape index (κ3) is 3.36. The van der Waals surface area contributed by atoms with Crippen molar-refractivity contribution in [2.24, 2.45) is 16.9 Å². The lowest BCUT2D eigenvalue weighted by molar-refractivity contribution is -0.122. The van der Waals surface area contributed by atoms with E-state index in [-0.39, 0.29) is 28.3 Å². The van der Waals surface area contributed by atoms with Crippen LogP contribution in [0.15, 0.2) is 102 Å². The van der Waals surface area contributed by atoms with E-state index in [2.05, 4.69) is 10.5 Å². The van der Waals surface area contributed by atoms with Crippen molar-refractivity contribution < 1.29 is 14.4 Å². The molecule has 4 aromatic carbocycles. The van der Waals surface area contributed by atoms with Crippen LogP contribution in [0.4, 0.5) is 5.69 Å². The topological polar surface area (TPSA) is 78.8 Å². The summed E-state index contributed by atoms with van der Waals surface area (Å²) in [6, 6.07) is 29.4. The summed E-state index contributed by atoms with van der Waals surface area (Å²) in [4.78, 5) is 42.7. The van der Waals surface area contributed by atoms with Crippen molar-refractivity contribution >= 4 is 52.8 Å². The Kier molecular flexibility index (Phi) is 5.66. The number of amides is 3. The van der Waals surface area contributed by atoms with Gasteiger partial charge in [0.25, 0.3) is 5.91 Å². The largest absolute Gasteiger partial charge is 0.274 e. The molecule has 1 aliphatic heterocycles. The second-order valence-electron chi connectivity index (χ2n) is 10.2. The monoisotopic (exact) mass is 565 g/mol. The SMILES string of the molecule is O=C(N/N=C\C12c3ccccc3C(c3ccccc31)[C@@H]1C(=O)N(c3ccccc3)C(=O)[C@H]12)c1ccc(Cl)cc1Cl. The average Bonchev–Trinajstić information content (AvgIpc) is 3.24. The summed E-state index contributed by atoms with van der Waals surface area (Å²) < 4.78 is 0. The lowest BCUT2D eigenvalue weighted by atomic mass is 9.47. The van der Waals surface area contributed by atoms with Crippen molar-refractivity contribution in [2.45, 2.75) is 11.3 Å². The van der Waals surface area contributed by atoms with E-state index in [0.29, 0.717) is 10.7 Å². The number of imide groups is 1. The quantitative estimate of drug-likeness (QED) is 0.188. The summed E-state index contributed by atoms with van der Waals surface area (Å²) in [5, 5.41) is 5.03. The van der Waals surface area contributed by atoms with Gasteiger partial charge in [0.05, 0.1) is 33.5 Å². The predicted octanol–water partition coefficient (Wildman–Crippen LogP) is 5.96. The van der Waals surface area contributed by atoms with Crippen molar-refractivity contribution in [2.75, 3.05) is 4.90 Å². The van der Waals surface area contributed by atoms with Crippen LogP contribution < -0.4 is 10.3 Å². The average molecular weight is 566 g/mol. The standard InChI is InChI=1S/C32H21Cl2N3O3/c33-18-14-15-22(25(34)16-18)29(38)36-35-17-32-23-12-6-4-10-20(23)26(21-11-5-7-13-24(21)32)27-28(32)31(40)37(30(27)39)19-8-2-1-3-9-19/h1-17,26-28H,(H,36,38)/b35-17-/t26?,27-,28-,32?/m0/s1. The van der Waals surface area contributed by atoms with Crippen LogP contribution in [0.3, 0.4) is 0 Å². The predicted molar refractivity (Wildman–Crippen MR) is 154 cm³/mol. The maximum atomic E-state index is 14.3. The maximum Gasteiger partial charge on any atom is 0.272 e. The molecule has 196 valence electrons. The number of halogens is 2. The summed E-state index contributed by atoms with van der Waals surface area (Å²) in [6.07, 6.45) is 1.62. The Bertz CT molecular complexity index is 1710. The van der Waals surface area contributed by atoms with Crippen molar-refractivity contribution in [3.05, 3.63) is 135 Å². The van der Waals surface area contributed by atoms with Crippen molar-refractivity contribution in [1.29, 1.82) is 0 Å². The fourth-order valence-corrected chi connectivity index (χ4v) is 7.30. The van der Waals surface area contributed by atoms with Gasteiger partial charge in [0.15, 0.2) is 0 Å². The first-order chi connectivity index (χ1) is 19.4. The number of anilines is 1. The highest BCUT2D eigenvalue weighted by molar-refractivity contribution is 6.36. The second-order valence-corrected chi connectivity index (χ2v) is 11.0. The molecule has 1 fully saturated rings. The van der Waals surface area contributed by atoms with Gasteiger partial charge < -0.3 is 0 Å². The Labute approximate surface area is 240 Å². The second kappa shape index (κ2) is 9.15. The van der Waals surface area contributed by atoms with Gasteiger partial charge in [-0.2, -0.15) is 5.10 Å². The number of hydrogen-bond donors (Lipinski definition) is 1. The molecule has 1 N–H and O–H groups in total. The number of carbonyl (C=O) groups is 3. The first kappa shape index (κ1) is 24.8. The third-order valence-electron chi connectivity index (χ3n) is 8.31. The van der Waals surface area contributed by atoms with E-state index in [9.17, 15) is 14.4 Å². The van der Waals surface area contributed by atoms with Crippen LogP contribution in [0.25, 0.3) is 0 Å². The van der Waals surface area contributed by atoms with Crippen molar-refractivity contribution in [1.82, 2.24) is 5.43 Å². The zero-order chi connectivity index (χ0) is 27.6. The van der Waals surface area contributed by atoms with Gasteiger partial charge in [-0.15, -0.1) is 0 Å². The maximum absolute atomic E-state index is 14.3. The number of hydrogen-bond acceptors (Lipinski definition) is 4. The lowest BCUT2D eigenvalue weighted by Crippen LogP contribution is -2.54. The zero-order valence-corrected chi connectivity index (χ0v) is 22.4. The number of carbonyl (C=O) groups excluding carboxylic acids is 3. The molecule has 3 amide bonds. The molecule has 8 heteroatoms. The molecule has 4 aromatic rings. The number of rotatable bonds is 4. The molecule has 0 aromatic heterocycles. The van der Waals surface area contributed by atoms with Gasteiger partial charge in [0.1, 0.15) is 0 Å². The fourth-order valence-electron chi connectivity index (χ4n) is 6.81. The zero-order valence-electron chi connectivity index (χ0n) is 20.9. The Hall–Kier alpha value is -4.26. The first-order valence-electron chi connectivity index (χ1n) is 12.8. The molecule has 1 saturated heterocycles. The van der Waals surface area contributed by atoms with Crippen LogP contribution in [0.1, 0.15) is 38.5 Å². The van der Waals surface area contributed by atoms with Crippen molar-refractivity contribution in [3.63, 3.8) is 0 Å². The van der Waals surface area contributed by atoms with E-state index in [0.717, 1.165) is 22.3 Å². The molecule has 6 nitrogen and oxygen atoms in total. The number of benzene rings is 4. The molecule has 4 aliphatic rings. The molecule has 1 heterocycles. The highest BCUT2D eigenvalue weighted by Gasteiger charge is 2.68. The van der Waals surface area contributed by atoms with E-state index in [1.807, 2.05) is 66.7 Å². The normalized spacial score (nSPS) is 24.1. The number of hydrazone groups is 1. The van der Waals surface area contributed by atoms with E-state index in [1.54, 1.807) is 24.4 Å². The van der Waals surface area contributed by atoms with Gasteiger partial charge in [-0.25, -0.2) is 10.3 Å². The summed E-state index contributed by atoms with van der Waals surface area (Å²) in [7, 11) is 0. The third-order valence-corrected chi connectivity index (χ3v) is 8.86. The van der Waals surface area contributed by atoms with Gasteiger partial charge in [-0.05, 0) is 52.6 Å². The van der Waals surface area contributed by atoms with Gasteiger partial charge in [0.2, 0.25) is 11.8 Å². The molecule has 0 saturated carbocycles. The van der Waals surface area contributed by atoms with E-state index in [4.69, 9.17) is 23.2 Å². The number of nitrogens with one attached hydrogen (secondary N) is 1. The molecule has 2 bridgehead atoms. The smallest absolute Gasteiger partial charge is 0.272 e. The highest BCUT2D eigenvalue weighted by atomic mass is 35.5. The first-order valence-corrected chi connectivity index (χ1v) is 13.6. The molecule has 2 atom stereocenters. The van der Waals surface area contributed by atoms with E-state index in [1.165, 1.54) is 17.0 Å². The fraction of sp³-hybridized carbons (Fsp3) is 0.125. The molecule has 40 heavy (non-hydrogen) atoms. The summed E-state index contributed by atoms with van der Waals surface area (Å²) >= 11 is 12.2. The molecule has 0 unspecified atom stereocenters. The van der Waals surface area contributed by atoms with Gasteiger partial charge in [-0.3, -0.25) is 14.4 Å². The van der Waals surface area contributed by atoms with E-state index >= 15 is 0 Å². The van der Waals surface area contributed by atoms with Gasteiger partial charge in [0, 0.05) is 17.2 Å². The summed E-state index contributed by atoms with van der Waals surface area (Å²) in [5.41, 5.74) is 6.03. The minimum atomic E-state index is -1.08. The van der Waals surface area contributed by atoms with Crippen LogP contribution in [0.5, 0.6) is 0 Å². The minimum absolute atomic E-state index is 0.197. The van der Waals surface area contributed by atoms with Crippen LogP contribution >= 0.6 is 23.2 Å². The minimum Gasteiger partial charge on any atom is -0.274 e. The van der Waals surface area contributed by atoms with Gasteiger partial charge >= 0.3 is 0 Å². The van der Waals surface area contributed by atoms with Gasteiger partial charge in [-0.1, -0.05) is 89.9 Å². The lowest BCUT2D eigenvalue weighted by Gasteiger charge is -2.52. The molecule has 3 aliphatic carbocycles. The van der Waals surface area contributed by atoms with E-state index < -0.39 is 23.2 Å². The Morgan fingerprint density at radius 2 is 1.45 bits per heavy atom. The molecular weight excluding hydrogens is 545 g/mol.